The van der Waals surface area contributed by atoms with Gasteiger partial charge in [-0.3, -0.25) is 4.98 Å². The maximum absolute atomic E-state index is 5.99. The molecule has 0 radical (unpaired) electrons. The van der Waals surface area contributed by atoms with Crippen LogP contribution in [-0.4, -0.2) is 15.0 Å². The van der Waals surface area contributed by atoms with Crippen molar-refractivity contribution in [2.75, 3.05) is 5.32 Å². The number of hydrogen-bond donors (Lipinski definition) is 1. The van der Waals surface area contributed by atoms with E-state index in [0.717, 1.165) is 33.1 Å². The fourth-order valence-corrected chi connectivity index (χ4v) is 2.28. The molecule has 1 N–H and O–H groups in total. The summed E-state index contributed by atoms with van der Waals surface area (Å²) in [5, 5.41) is 5.03. The summed E-state index contributed by atoms with van der Waals surface area (Å²) in [6.45, 7) is 2.53. The summed E-state index contributed by atoms with van der Waals surface area (Å²) in [4.78, 5) is 12.9. The molecule has 0 unspecified atom stereocenters. The lowest BCUT2D eigenvalue weighted by molar-refractivity contribution is 1.05. The highest BCUT2D eigenvalue weighted by molar-refractivity contribution is 6.30. The lowest BCUT2D eigenvalue weighted by Crippen LogP contribution is -2.04. The number of anilines is 1. The van der Waals surface area contributed by atoms with Gasteiger partial charge >= 0.3 is 0 Å². The van der Waals surface area contributed by atoms with E-state index in [1.54, 1.807) is 12.4 Å². The Morgan fingerprint density at radius 2 is 2.10 bits per heavy atom. The van der Waals surface area contributed by atoms with Crippen LogP contribution in [0.25, 0.3) is 10.9 Å². The lowest BCUT2D eigenvalue weighted by Gasteiger charge is -2.09. The molecule has 0 saturated heterocycles. The number of fused-ring (bicyclic) bond motifs is 1. The minimum absolute atomic E-state index is 0.661. The molecule has 0 aliphatic carbocycles. The average Bonchev–Trinajstić information content (AvgIpc) is 2.44. The molecular weight excluding hydrogens is 272 g/mol. The summed E-state index contributed by atoms with van der Waals surface area (Å²) in [6.07, 6.45) is 3.49. The molecule has 3 rings (SSSR count). The maximum atomic E-state index is 5.99. The smallest absolute Gasteiger partial charge is 0.138 e. The Bertz CT molecular complexity index is 758. The third-order valence-corrected chi connectivity index (χ3v) is 3.20. The van der Waals surface area contributed by atoms with Gasteiger partial charge in [-0.15, -0.1) is 0 Å². The summed E-state index contributed by atoms with van der Waals surface area (Å²) in [6, 6.07) is 9.67. The highest BCUT2D eigenvalue weighted by Crippen LogP contribution is 2.20. The molecule has 0 amide bonds. The number of nitrogens with one attached hydrogen (secondary N) is 1. The summed E-state index contributed by atoms with van der Waals surface area (Å²) in [7, 11) is 0. The first-order valence-corrected chi connectivity index (χ1v) is 6.67. The predicted molar refractivity (Wildman–Crippen MR) is 80.8 cm³/mol. The van der Waals surface area contributed by atoms with E-state index >= 15 is 0 Å². The van der Waals surface area contributed by atoms with Crippen LogP contribution in [0.4, 0.5) is 5.82 Å². The van der Waals surface area contributed by atoms with E-state index in [1.807, 2.05) is 37.3 Å². The summed E-state index contributed by atoms with van der Waals surface area (Å²) in [5.74, 6) is 1.54. The van der Waals surface area contributed by atoms with E-state index in [4.69, 9.17) is 11.6 Å². The number of nitrogens with zero attached hydrogens (tertiary/aromatic N) is 3. The molecule has 0 saturated carbocycles. The normalized spacial score (nSPS) is 10.7. The molecule has 0 atom stereocenters. The van der Waals surface area contributed by atoms with E-state index < -0.39 is 0 Å². The van der Waals surface area contributed by atoms with Gasteiger partial charge in [0.25, 0.3) is 0 Å². The Morgan fingerprint density at radius 3 is 2.95 bits per heavy atom. The van der Waals surface area contributed by atoms with Crippen molar-refractivity contribution >= 4 is 28.3 Å². The van der Waals surface area contributed by atoms with Crippen molar-refractivity contribution in [1.82, 2.24) is 15.0 Å². The molecule has 0 fully saturated rings. The van der Waals surface area contributed by atoms with Gasteiger partial charge in [-0.05, 0) is 30.7 Å². The minimum atomic E-state index is 0.661. The molecule has 2 heterocycles. The molecule has 1 aromatic carbocycles. The highest BCUT2D eigenvalue weighted by Gasteiger charge is 2.05. The van der Waals surface area contributed by atoms with E-state index in [0.29, 0.717) is 6.54 Å². The molecule has 100 valence electrons. The van der Waals surface area contributed by atoms with Crippen LogP contribution in [0.3, 0.4) is 0 Å². The zero-order valence-electron chi connectivity index (χ0n) is 11.0. The van der Waals surface area contributed by atoms with E-state index in [2.05, 4.69) is 20.3 Å². The van der Waals surface area contributed by atoms with Crippen molar-refractivity contribution < 1.29 is 0 Å². The van der Waals surface area contributed by atoms with Crippen molar-refractivity contribution in [2.24, 2.45) is 0 Å². The van der Waals surface area contributed by atoms with E-state index in [1.165, 1.54) is 0 Å². The number of aryl methyl sites for hydroxylation is 1. The fraction of sp³-hybridized carbons (Fsp3) is 0.133. The third-order valence-electron chi connectivity index (χ3n) is 2.96. The Morgan fingerprint density at radius 1 is 1.20 bits per heavy atom. The molecule has 0 spiro atoms. The van der Waals surface area contributed by atoms with Gasteiger partial charge in [0.2, 0.25) is 0 Å². The quantitative estimate of drug-likeness (QED) is 0.798. The standard InChI is InChI=1S/C15H13ClN4/c1-10-19-14-9-17-6-5-13(14)15(20-10)18-8-11-3-2-4-12(16)7-11/h2-7,9H,8H2,1H3,(H,18,19,20). The second-order valence-corrected chi connectivity index (χ2v) is 4.93. The van der Waals surface area contributed by atoms with Gasteiger partial charge in [-0.2, -0.15) is 0 Å². The van der Waals surface area contributed by atoms with Crippen LogP contribution >= 0.6 is 11.6 Å². The van der Waals surface area contributed by atoms with Crippen molar-refractivity contribution in [3.8, 4) is 0 Å². The zero-order chi connectivity index (χ0) is 13.9. The first kappa shape index (κ1) is 12.8. The van der Waals surface area contributed by atoms with Gasteiger partial charge in [0.05, 0.1) is 11.7 Å². The Balaban J connectivity index is 1.91. The van der Waals surface area contributed by atoms with Gasteiger partial charge < -0.3 is 5.32 Å². The summed E-state index contributed by atoms with van der Waals surface area (Å²) >= 11 is 5.99. The highest BCUT2D eigenvalue weighted by atomic mass is 35.5. The topological polar surface area (TPSA) is 50.7 Å². The summed E-state index contributed by atoms with van der Waals surface area (Å²) in [5.41, 5.74) is 1.95. The van der Waals surface area contributed by atoms with Crippen LogP contribution < -0.4 is 5.32 Å². The van der Waals surface area contributed by atoms with Crippen molar-refractivity contribution in [1.29, 1.82) is 0 Å². The molecule has 4 nitrogen and oxygen atoms in total. The Hall–Kier alpha value is -2.20. The first-order chi connectivity index (χ1) is 9.72. The number of halogens is 1. The van der Waals surface area contributed by atoms with E-state index in [-0.39, 0.29) is 0 Å². The maximum Gasteiger partial charge on any atom is 0.138 e. The number of pyridine rings is 1. The molecule has 0 aliphatic heterocycles. The Labute approximate surface area is 121 Å². The van der Waals surface area contributed by atoms with Gasteiger partial charge in [-0.1, -0.05) is 23.7 Å². The monoisotopic (exact) mass is 284 g/mol. The number of benzene rings is 1. The minimum Gasteiger partial charge on any atom is -0.365 e. The average molecular weight is 285 g/mol. The SMILES string of the molecule is Cc1nc(NCc2cccc(Cl)c2)c2ccncc2n1. The van der Waals surface area contributed by atoms with E-state index in [9.17, 15) is 0 Å². The predicted octanol–water partition coefficient (Wildman–Crippen LogP) is 3.60. The third kappa shape index (κ3) is 2.70. The van der Waals surface area contributed by atoms with Gasteiger partial charge in [0, 0.05) is 23.2 Å². The van der Waals surface area contributed by atoms with Crippen LogP contribution in [0.15, 0.2) is 42.7 Å². The molecule has 0 bridgehead atoms. The zero-order valence-corrected chi connectivity index (χ0v) is 11.7. The van der Waals surface area contributed by atoms with Gasteiger partial charge in [-0.25, -0.2) is 9.97 Å². The molecule has 20 heavy (non-hydrogen) atoms. The van der Waals surface area contributed by atoms with Crippen LogP contribution in [-0.2, 0) is 6.54 Å². The number of hydrogen-bond acceptors (Lipinski definition) is 4. The van der Waals surface area contributed by atoms with Crippen LogP contribution in [0.2, 0.25) is 5.02 Å². The first-order valence-electron chi connectivity index (χ1n) is 6.29. The molecular formula is C15H13ClN4. The second-order valence-electron chi connectivity index (χ2n) is 4.50. The molecule has 3 aromatic rings. The van der Waals surface area contributed by atoms with Crippen LogP contribution in [0.5, 0.6) is 0 Å². The fourth-order valence-electron chi connectivity index (χ4n) is 2.06. The summed E-state index contributed by atoms with van der Waals surface area (Å²) < 4.78 is 0. The number of aromatic nitrogens is 3. The largest absolute Gasteiger partial charge is 0.365 e. The molecule has 0 aliphatic rings. The second kappa shape index (κ2) is 5.43. The van der Waals surface area contributed by atoms with Gasteiger partial charge in [0.15, 0.2) is 0 Å². The number of rotatable bonds is 3. The lowest BCUT2D eigenvalue weighted by atomic mass is 10.2. The van der Waals surface area contributed by atoms with Crippen molar-refractivity contribution in [3.63, 3.8) is 0 Å². The molecule has 2 aromatic heterocycles. The molecule has 5 heteroatoms. The van der Waals surface area contributed by atoms with Crippen molar-refractivity contribution in [2.45, 2.75) is 13.5 Å². The Kier molecular flexibility index (Phi) is 3.48. The van der Waals surface area contributed by atoms with Crippen LogP contribution in [0.1, 0.15) is 11.4 Å². The van der Waals surface area contributed by atoms with Crippen LogP contribution in [0, 0.1) is 6.92 Å². The van der Waals surface area contributed by atoms with Gasteiger partial charge in [0.1, 0.15) is 11.6 Å². The van der Waals surface area contributed by atoms with Crippen molar-refractivity contribution in [3.05, 3.63) is 59.1 Å².